The fourth-order valence-electron chi connectivity index (χ4n) is 3.27. The lowest BCUT2D eigenvalue weighted by atomic mass is 10.1. The molecule has 28 heavy (non-hydrogen) atoms. The van der Waals surface area contributed by atoms with Gasteiger partial charge >= 0.3 is 0 Å². The highest BCUT2D eigenvalue weighted by atomic mass is 16.6. The van der Waals surface area contributed by atoms with Crippen LogP contribution >= 0.6 is 0 Å². The van der Waals surface area contributed by atoms with E-state index in [1.165, 1.54) is 5.56 Å². The first kappa shape index (κ1) is 20.6. The Bertz CT molecular complexity index is 710. The molecule has 1 aliphatic rings. The van der Waals surface area contributed by atoms with E-state index in [0.717, 1.165) is 24.3 Å². The van der Waals surface area contributed by atoms with Crippen molar-refractivity contribution in [3.63, 3.8) is 0 Å². The van der Waals surface area contributed by atoms with Gasteiger partial charge in [-0.05, 0) is 44.4 Å². The SMILES string of the molecule is CC(CCc1ccccc1)NCC(O)CNC(C)C1COc2ccccc2O1. The van der Waals surface area contributed by atoms with Crippen LogP contribution in [0, 0.1) is 0 Å². The first-order valence-corrected chi connectivity index (χ1v) is 10.2. The number of nitrogens with one attached hydrogen (secondary N) is 2. The van der Waals surface area contributed by atoms with Crippen LogP contribution in [0.25, 0.3) is 0 Å². The lowest BCUT2D eigenvalue weighted by molar-refractivity contribution is 0.0611. The first-order chi connectivity index (χ1) is 13.6. The van der Waals surface area contributed by atoms with Crippen LogP contribution in [0.5, 0.6) is 11.5 Å². The molecular weight excluding hydrogens is 352 g/mol. The van der Waals surface area contributed by atoms with Gasteiger partial charge in [0.25, 0.3) is 0 Å². The molecule has 2 aromatic carbocycles. The van der Waals surface area contributed by atoms with E-state index in [9.17, 15) is 5.11 Å². The Morgan fingerprint density at radius 1 is 0.964 bits per heavy atom. The number of rotatable bonds is 10. The third kappa shape index (κ3) is 6.23. The van der Waals surface area contributed by atoms with E-state index in [0.29, 0.717) is 25.7 Å². The Kier molecular flexibility index (Phi) is 7.71. The van der Waals surface area contributed by atoms with Crippen molar-refractivity contribution in [2.75, 3.05) is 19.7 Å². The molecule has 1 heterocycles. The van der Waals surface area contributed by atoms with Crippen LogP contribution in [0.2, 0.25) is 0 Å². The van der Waals surface area contributed by atoms with Crippen molar-refractivity contribution in [2.24, 2.45) is 0 Å². The van der Waals surface area contributed by atoms with Crippen molar-refractivity contribution in [1.82, 2.24) is 10.6 Å². The van der Waals surface area contributed by atoms with E-state index in [1.54, 1.807) is 0 Å². The lowest BCUT2D eigenvalue weighted by Crippen LogP contribution is -2.49. The van der Waals surface area contributed by atoms with Gasteiger partial charge in [0.05, 0.1) is 6.10 Å². The maximum Gasteiger partial charge on any atom is 0.161 e. The average Bonchev–Trinajstić information content (AvgIpc) is 2.75. The highest BCUT2D eigenvalue weighted by Crippen LogP contribution is 2.31. The third-order valence-electron chi connectivity index (χ3n) is 5.17. The standard InChI is InChI=1S/C23H32N2O3/c1-17(12-13-19-8-4-3-5-9-19)24-14-20(26)15-25-18(2)23-16-27-21-10-6-7-11-22(21)28-23/h3-11,17-18,20,23-26H,12-16H2,1-2H3. The molecule has 0 aliphatic carbocycles. The van der Waals surface area contributed by atoms with Gasteiger partial charge in [-0.2, -0.15) is 0 Å². The number of hydrogen-bond donors (Lipinski definition) is 3. The van der Waals surface area contributed by atoms with Crippen molar-refractivity contribution < 1.29 is 14.6 Å². The predicted octanol–water partition coefficient (Wildman–Crippen LogP) is 2.78. The molecule has 0 bridgehead atoms. The van der Waals surface area contributed by atoms with Gasteiger partial charge in [0, 0.05) is 25.2 Å². The molecule has 152 valence electrons. The summed E-state index contributed by atoms with van der Waals surface area (Å²) in [7, 11) is 0. The molecule has 0 amide bonds. The fraction of sp³-hybridized carbons (Fsp3) is 0.478. The van der Waals surface area contributed by atoms with Crippen molar-refractivity contribution in [1.29, 1.82) is 0 Å². The monoisotopic (exact) mass is 384 g/mol. The summed E-state index contributed by atoms with van der Waals surface area (Å²) in [5.74, 6) is 1.57. The fourth-order valence-corrected chi connectivity index (χ4v) is 3.27. The van der Waals surface area contributed by atoms with E-state index in [4.69, 9.17) is 9.47 Å². The summed E-state index contributed by atoms with van der Waals surface area (Å²) in [5.41, 5.74) is 1.35. The first-order valence-electron chi connectivity index (χ1n) is 10.2. The summed E-state index contributed by atoms with van der Waals surface area (Å²) in [6.45, 7) is 5.82. The number of hydrogen-bond acceptors (Lipinski definition) is 5. The van der Waals surface area contributed by atoms with Crippen LogP contribution in [0.3, 0.4) is 0 Å². The molecule has 5 heteroatoms. The smallest absolute Gasteiger partial charge is 0.161 e. The Balaban J connectivity index is 1.32. The zero-order chi connectivity index (χ0) is 19.8. The molecule has 0 aromatic heterocycles. The summed E-state index contributed by atoms with van der Waals surface area (Å²) >= 11 is 0. The zero-order valence-electron chi connectivity index (χ0n) is 16.8. The molecule has 3 N–H and O–H groups in total. The molecule has 0 spiro atoms. The summed E-state index contributed by atoms with van der Waals surface area (Å²) in [4.78, 5) is 0. The van der Waals surface area contributed by atoms with Crippen LogP contribution < -0.4 is 20.1 Å². The molecule has 2 aromatic rings. The second-order valence-electron chi connectivity index (χ2n) is 7.60. The number of para-hydroxylation sites is 2. The Hall–Kier alpha value is -2.08. The molecule has 4 unspecified atom stereocenters. The van der Waals surface area contributed by atoms with Crippen LogP contribution in [0.4, 0.5) is 0 Å². The Labute approximate surface area is 168 Å². The topological polar surface area (TPSA) is 62.8 Å². The molecule has 0 saturated carbocycles. The number of benzene rings is 2. The van der Waals surface area contributed by atoms with Crippen molar-refractivity contribution in [2.45, 2.75) is 51.0 Å². The van der Waals surface area contributed by atoms with E-state index in [-0.39, 0.29) is 12.1 Å². The van der Waals surface area contributed by atoms with E-state index >= 15 is 0 Å². The predicted molar refractivity (Wildman–Crippen MR) is 112 cm³/mol. The van der Waals surface area contributed by atoms with E-state index in [1.807, 2.05) is 30.3 Å². The third-order valence-corrected chi connectivity index (χ3v) is 5.17. The largest absolute Gasteiger partial charge is 0.486 e. The van der Waals surface area contributed by atoms with Crippen LogP contribution in [0.1, 0.15) is 25.8 Å². The quantitative estimate of drug-likeness (QED) is 0.588. The molecular formula is C23H32N2O3. The molecule has 1 aliphatic heterocycles. The van der Waals surface area contributed by atoms with Gasteiger partial charge in [0.1, 0.15) is 12.7 Å². The van der Waals surface area contributed by atoms with E-state index < -0.39 is 6.10 Å². The molecule has 3 rings (SSSR count). The van der Waals surface area contributed by atoms with Crippen molar-refractivity contribution in [3.8, 4) is 11.5 Å². The number of fused-ring (bicyclic) bond motifs is 1. The van der Waals surface area contributed by atoms with Crippen LogP contribution in [0.15, 0.2) is 54.6 Å². The van der Waals surface area contributed by atoms with Crippen LogP contribution in [-0.2, 0) is 6.42 Å². The van der Waals surface area contributed by atoms with Gasteiger partial charge in [0.15, 0.2) is 11.5 Å². The van der Waals surface area contributed by atoms with Crippen molar-refractivity contribution >= 4 is 0 Å². The second kappa shape index (κ2) is 10.5. The van der Waals surface area contributed by atoms with Gasteiger partial charge in [-0.1, -0.05) is 42.5 Å². The second-order valence-corrected chi connectivity index (χ2v) is 7.60. The number of aliphatic hydroxyl groups is 1. The van der Waals surface area contributed by atoms with E-state index in [2.05, 4.69) is 48.7 Å². The molecule has 0 radical (unpaired) electrons. The van der Waals surface area contributed by atoms with Gasteiger partial charge in [-0.15, -0.1) is 0 Å². The van der Waals surface area contributed by atoms with Crippen molar-refractivity contribution in [3.05, 3.63) is 60.2 Å². The minimum atomic E-state index is -0.446. The van der Waals surface area contributed by atoms with Gasteiger partial charge in [-0.3, -0.25) is 0 Å². The Morgan fingerprint density at radius 3 is 2.43 bits per heavy atom. The maximum absolute atomic E-state index is 10.3. The zero-order valence-corrected chi connectivity index (χ0v) is 16.8. The molecule has 5 nitrogen and oxygen atoms in total. The summed E-state index contributed by atoms with van der Waals surface area (Å²) < 4.78 is 11.8. The average molecular weight is 385 g/mol. The Morgan fingerprint density at radius 2 is 1.64 bits per heavy atom. The number of ether oxygens (including phenoxy) is 2. The normalized spacial score (nSPS) is 19.0. The lowest BCUT2D eigenvalue weighted by Gasteiger charge is -2.31. The van der Waals surface area contributed by atoms with Gasteiger partial charge in [0.2, 0.25) is 0 Å². The maximum atomic E-state index is 10.3. The molecule has 0 fully saturated rings. The van der Waals surface area contributed by atoms with Crippen LogP contribution in [-0.4, -0.2) is 49.1 Å². The van der Waals surface area contributed by atoms with Gasteiger partial charge in [-0.25, -0.2) is 0 Å². The molecule has 0 saturated heterocycles. The summed E-state index contributed by atoms with van der Waals surface area (Å²) in [6, 6.07) is 18.7. The summed E-state index contributed by atoms with van der Waals surface area (Å²) in [5, 5.41) is 17.1. The minimum absolute atomic E-state index is 0.0696. The summed E-state index contributed by atoms with van der Waals surface area (Å²) in [6.07, 6.45) is 1.58. The number of aryl methyl sites for hydroxylation is 1. The van der Waals surface area contributed by atoms with Gasteiger partial charge < -0.3 is 25.2 Å². The highest BCUT2D eigenvalue weighted by Gasteiger charge is 2.26. The minimum Gasteiger partial charge on any atom is -0.486 e. The highest BCUT2D eigenvalue weighted by molar-refractivity contribution is 5.40. The number of aliphatic hydroxyl groups excluding tert-OH is 1. The molecule has 4 atom stereocenters.